The van der Waals surface area contributed by atoms with Crippen LogP contribution in [-0.4, -0.2) is 18.4 Å². The lowest BCUT2D eigenvalue weighted by Gasteiger charge is -1.93. The third-order valence-corrected chi connectivity index (χ3v) is 1.61. The largest absolute Gasteiger partial charge is 0.459 e. The number of Topliss-reactive ketones (excluding diaryl/α,β-unsaturated/α-hetero) is 1. The van der Waals surface area contributed by atoms with Crippen molar-refractivity contribution in [3.63, 3.8) is 0 Å². The van der Waals surface area contributed by atoms with Crippen LogP contribution in [0.3, 0.4) is 0 Å². The molecule has 0 heterocycles. The lowest BCUT2D eigenvalue weighted by molar-refractivity contribution is -0.150. The molecule has 0 bridgehead atoms. The molecule has 0 unspecified atom stereocenters. The molecule has 0 aliphatic carbocycles. The van der Waals surface area contributed by atoms with Gasteiger partial charge in [0.1, 0.15) is 5.82 Å². The summed E-state index contributed by atoms with van der Waals surface area (Å²) in [5, 5.41) is 0. The number of carbonyl (C=O) groups is 2. The van der Waals surface area contributed by atoms with Crippen molar-refractivity contribution < 1.29 is 18.7 Å². The van der Waals surface area contributed by atoms with Gasteiger partial charge in [0.15, 0.2) is 0 Å². The van der Waals surface area contributed by atoms with Gasteiger partial charge >= 0.3 is 11.8 Å². The Morgan fingerprint density at radius 3 is 2.81 bits per heavy atom. The van der Waals surface area contributed by atoms with Gasteiger partial charge in [0.25, 0.3) is 0 Å². The lowest BCUT2D eigenvalue weighted by atomic mass is 10.2. The first kappa shape index (κ1) is 11.9. The molecule has 4 heteroatoms. The van der Waals surface area contributed by atoms with Gasteiger partial charge < -0.3 is 4.74 Å². The van der Waals surface area contributed by atoms with Gasteiger partial charge in [-0.25, -0.2) is 9.18 Å². The molecule has 0 saturated carbocycles. The van der Waals surface area contributed by atoms with Crippen molar-refractivity contribution in [3.05, 3.63) is 35.6 Å². The number of carbonyl (C=O) groups excluding carboxylic acids is 2. The number of hydrogen-bond donors (Lipinski definition) is 0. The Labute approximate surface area is 92.2 Å². The first-order valence-corrected chi connectivity index (χ1v) is 4.62. The number of halogens is 1. The summed E-state index contributed by atoms with van der Waals surface area (Å²) >= 11 is 0. The van der Waals surface area contributed by atoms with E-state index in [4.69, 9.17) is 0 Å². The minimum Gasteiger partial charge on any atom is -0.459 e. The molecule has 0 spiro atoms. The molecular formula is C12H9FO3. The van der Waals surface area contributed by atoms with Gasteiger partial charge in [-0.2, -0.15) is 0 Å². The second-order valence-corrected chi connectivity index (χ2v) is 2.81. The highest BCUT2D eigenvalue weighted by Crippen LogP contribution is 2.01. The fraction of sp³-hybridized carbons (Fsp3) is 0.167. The van der Waals surface area contributed by atoms with Crippen LogP contribution in [0, 0.1) is 17.7 Å². The minimum atomic E-state index is -0.994. The molecule has 0 saturated heterocycles. The van der Waals surface area contributed by atoms with Crippen LogP contribution in [0.5, 0.6) is 0 Å². The maximum Gasteiger partial charge on any atom is 0.388 e. The van der Waals surface area contributed by atoms with Crippen LogP contribution in [0.15, 0.2) is 24.3 Å². The second-order valence-electron chi connectivity index (χ2n) is 2.81. The molecule has 0 aliphatic rings. The summed E-state index contributed by atoms with van der Waals surface area (Å²) in [4.78, 5) is 21.9. The third-order valence-electron chi connectivity index (χ3n) is 1.61. The van der Waals surface area contributed by atoms with Crippen LogP contribution < -0.4 is 0 Å². The molecule has 1 rings (SSSR count). The van der Waals surface area contributed by atoms with E-state index in [1.807, 2.05) is 0 Å². The Bertz CT molecular complexity index is 469. The van der Waals surface area contributed by atoms with Gasteiger partial charge in [-0.3, -0.25) is 4.79 Å². The van der Waals surface area contributed by atoms with Crippen LogP contribution in [0.25, 0.3) is 0 Å². The fourth-order valence-electron chi connectivity index (χ4n) is 0.943. The van der Waals surface area contributed by atoms with Crippen LogP contribution in [0.2, 0.25) is 0 Å². The van der Waals surface area contributed by atoms with E-state index in [0.717, 1.165) is 0 Å². The summed E-state index contributed by atoms with van der Waals surface area (Å²) in [7, 11) is 0. The Morgan fingerprint density at radius 1 is 1.44 bits per heavy atom. The second kappa shape index (κ2) is 5.66. The SMILES string of the molecule is CCOC(=O)C(=O)C#Cc1cccc(F)c1. The molecular weight excluding hydrogens is 211 g/mol. The molecule has 0 aliphatic heterocycles. The summed E-state index contributed by atoms with van der Waals surface area (Å²) in [6.45, 7) is 1.71. The van der Waals surface area contributed by atoms with E-state index in [2.05, 4.69) is 16.6 Å². The van der Waals surface area contributed by atoms with E-state index in [1.54, 1.807) is 6.92 Å². The Balaban J connectivity index is 2.74. The van der Waals surface area contributed by atoms with Crippen molar-refractivity contribution in [1.82, 2.24) is 0 Å². The first-order valence-electron chi connectivity index (χ1n) is 4.62. The topological polar surface area (TPSA) is 43.4 Å². The predicted molar refractivity (Wildman–Crippen MR) is 54.9 cm³/mol. The van der Waals surface area contributed by atoms with Gasteiger partial charge in [0.05, 0.1) is 6.61 Å². The van der Waals surface area contributed by atoms with Gasteiger partial charge in [-0.1, -0.05) is 12.0 Å². The minimum absolute atomic E-state index is 0.117. The maximum atomic E-state index is 12.7. The molecule has 16 heavy (non-hydrogen) atoms. The standard InChI is InChI=1S/C12H9FO3/c1-2-16-12(15)11(14)7-6-9-4-3-5-10(13)8-9/h3-5,8H,2H2,1H3. The highest BCUT2D eigenvalue weighted by molar-refractivity contribution is 6.40. The van der Waals surface area contributed by atoms with Gasteiger partial charge in [-0.05, 0) is 31.0 Å². The molecule has 0 aromatic heterocycles. The monoisotopic (exact) mass is 220 g/mol. The molecule has 0 atom stereocenters. The van der Waals surface area contributed by atoms with Crippen molar-refractivity contribution in [2.45, 2.75) is 6.92 Å². The van der Waals surface area contributed by atoms with E-state index < -0.39 is 17.6 Å². The van der Waals surface area contributed by atoms with Crippen molar-refractivity contribution in [2.75, 3.05) is 6.61 Å². The van der Waals surface area contributed by atoms with E-state index in [-0.39, 0.29) is 6.61 Å². The van der Waals surface area contributed by atoms with E-state index in [9.17, 15) is 14.0 Å². The Hall–Kier alpha value is -2.15. The average Bonchev–Trinajstić information content (AvgIpc) is 2.26. The Kier molecular flexibility index (Phi) is 4.22. The molecule has 1 aromatic carbocycles. The summed E-state index contributed by atoms with van der Waals surface area (Å²) < 4.78 is 17.2. The van der Waals surface area contributed by atoms with Crippen molar-refractivity contribution in [2.24, 2.45) is 0 Å². The Morgan fingerprint density at radius 2 is 2.19 bits per heavy atom. The van der Waals surface area contributed by atoms with Crippen LogP contribution in [0.1, 0.15) is 12.5 Å². The average molecular weight is 220 g/mol. The van der Waals surface area contributed by atoms with Crippen LogP contribution in [-0.2, 0) is 14.3 Å². The number of ether oxygens (including phenoxy) is 1. The van der Waals surface area contributed by atoms with Gasteiger partial charge in [-0.15, -0.1) is 0 Å². The highest BCUT2D eigenvalue weighted by Gasteiger charge is 2.10. The first-order chi connectivity index (χ1) is 7.63. The summed E-state index contributed by atoms with van der Waals surface area (Å²) in [6, 6.07) is 5.44. The van der Waals surface area contributed by atoms with E-state index in [1.165, 1.54) is 24.3 Å². The molecule has 0 amide bonds. The zero-order valence-electron chi connectivity index (χ0n) is 8.62. The summed E-state index contributed by atoms with van der Waals surface area (Å²) in [5.74, 6) is 2.08. The number of rotatable bonds is 2. The summed E-state index contributed by atoms with van der Waals surface area (Å²) in [5.41, 5.74) is 0.331. The molecule has 82 valence electrons. The van der Waals surface area contributed by atoms with Crippen molar-refractivity contribution in [1.29, 1.82) is 0 Å². The quantitative estimate of drug-likeness (QED) is 0.429. The van der Waals surface area contributed by atoms with Gasteiger partial charge in [0, 0.05) is 5.56 Å². The molecule has 3 nitrogen and oxygen atoms in total. The molecule has 0 N–H and O–H groups in total. The number of ketones is 1. The molecule has 0 fully saturated rings. The lowest BCUT2D eigenvalue weighted by Crippen LogP contribution is -2.15. The van der Waals surface area contributed by atoms with E-state index >= 15 is 0 Å². The summed E-state index contributed by atoms with van der Waals surface area (Å²) in [6.07, 6.45) is 0. The molecule has 1 aromatic rings. The van der Waals surface area contributed by atoms with Crippen LogP contribution >= 0.6 is 0 Å². The zero-order valence-corrected chi connectivity index (χ0v) is 8.62. The number of esters is 1. The highest BCUT2D eigenvalue weighted by atomic mass is 19.1. The zero-order chi connectivity index (χ0) is 12.0. The smallest absolute Gasteiger partial charge is 0.388 e. The fourth-order valence-corrected chi connectivity index (χ4v) is 0.943. The predicted octanol–water partition coefficient (Wildman–Crippen LogP) is 1.31. The van der Waals surface area contributed by atoms with Crippen molar-refractivity contribution >= 4 is 11.8 Å². The van der Waals surface area contributed by atoms with Crippen molar-refractivity contribution in [3.8, 4) is 11.8 Å². The number of hydrogen-bond acceptors (Lipinski definition) is 3. The maximum absolute atomic E-state index is 12.7. The normalized spacial score (nSPS) is 8.88. The van der Waals surface area contributed by atoms with Crippen LogP contribution in [0.4, 0.5) is 4.39 Å². The third kappa shape index (κ3) is 3.54. The number of benzene rings is 1. The van der Waals surface area contributed by atoms with E-state index in [0.29, 0.717) is 5.56 Å². The molecule has 0 radical (unpaired) electrons. The van der Waals surface area contributed by atoms with Gasteiger partial charge in [0.2, 0.25) is 0 Å².